The first-order valence-corrected chi connectivity index (χ1v) is 7.33. The fourth-order valence-electron chi connectivity index (χ4n) is 2.50. The van der Waals surface area contributed by atoms with Crippen LogP contribution in [0.4, 0.5) is 0 Å². The van der Waals surface area contributed by atoms with E-state index in [0.29, 0.717) is 17.3 Å². The van der Waals surface area contributed by atoms with E-state index >= 15 is 0 Å². The molecule has 118 valence electrons. The third kappa shape index (κ3) is 2.90. The second kappa shape index (κ2) is 6.12. The third-order valence-corrected chi connectivity index (χ3v) is 3.76. The van der Waals surface area contributed by atoms with Gasteiger partial charge >= 0.3 is 0 Å². The second-order valence-corrected chi connectivity index (χ2v) is 5.30. The summed E-state index contributed by atoms with van der Waals surface area (Å²) in [4.78, 5) is 4.70. The van der Waals surface area contributed by atoms with Gasteiger partial charge in [0.2, 0.25) is 0 Å². The van der Waals surface area contributed by atoms with E-state index in [0.717, 1.165) is 22.5 Å². The zero-order valence-corrected chi connectivity index (χ0v) is 13.7. The van der Waals surface area contributed by atoms with E-state index in [4.69, 9.17) is 14.5 Å². The van der Waals surface area contributed by atoms with Gasteiger partial charge in [-0.2, -0.15) is 5.10 Å². The molecule has 0 spiro atoms. The van der Waals surface area contributed by atoms with Crippen molar-refractivity contribution in [3.05, 3.63) is 48.0 Å². The maximum Gasteiger partial charge on any atom is 0.182 e. The van der Waals surface area contributed by atoms with Gasteiger partial charge in [0.15, 0.2) is 11.6 Å². The summed E-state index contributed by atoms with van der Waals surface area (Å²) in [5, 5.41) is 4.54. The van der Waals surface area contributed by atoms with Gasteiger partial charge in [0, 0.05) is 24.2 Å². The van der Waals surface area contributed by atoms with Gasteiger partial charge in [0.1, 0.15) is 11.5 Å². The third-order valence-electron chi connectivity index (χ3n) is 3.76. The van der Waals surface area contributed by atoms with Crippen molar-refractivity contribution in [1.82, 2.24) is 14.8 Å². The molecule has 0 unspecified atom stereocenters. The number of aryl methyl sites for hydroxylation is 2. The van der Waals surface area contributed by atoms with Crippen molar-refractivity contribution in [2.45, 2.75) is 6.92 Å². The lowest BCUT2D eigenvalue weighted by Crippen LogP contribution is -1.95. The van der Waals surface area contributed by atoms with E-state index < -0.39 is 0 Å². The van der Waals surface area contributed by atoms with Crippen molar-refractivity contribution < 1.29 is 9.47 Å². The van der Waals surface area contributed by atoms with Gasteiger partial charge < -0.3 is 9.47 Å². The monoisotopic (exact) mass is 309 g/mol. The highest BCUT2D eigenvalue weighted by Crippen LogP contribution is 2.30. The minimum Gasteiger partial charge on any atom is -0.497 e. The molecule has 0 bridgehead atoms. The Morgan fingerprint density at radius 1 is 0.957 bits per heavy atom. The largest absolute Gasteiger partial charge is 0.497 e. The molecule has 0 N–H and O–H groups in total. The number of nitrogens with zero attached hydrogens (tertiary/aromatic N) is 3. The average molecular weight is 309 g/mol. The molecule has 0 aliphatic carbocycles. The fourth-order valence-corrected chi connectivity index (χ4v) is 2.50. The summed E-state index contributed by atoms with van der Waals surface area (Å²) in [7, 11) is 5.15. The molecule has 0 fully saturated rings. The Bertz CT molecular complexity index is 818. The van der Waals surface area contributed by atoms with Gasteiger partial charge in [-0.1, -0.05) is 24.3 Å². The van der Waals surface area contributed by atoms with Gasteiger partial charge in [0.25, 0.3) is 0 Å². The first-order valence-electron chi connectivity index (χ1n) is 7.33. The van der Waals surface area contributed by atoms with Crippen molar-refractivity contribution >= 4 is 0 Å². The number of methoxy groups -OCH3 is 2. The summed E-state index contributed by atoms with van der Waals surface area (Å²) in [5.74, 6) is 2.90. The van der Waals surface area contributed by atoms with Gasteiger partial charge in [-0.25, -0.2) is 9.67 Å². The smallest absolute Gasteiger partial charge is 0.182 e. The van der Waals surface area contributed by atoms with Crippen molar-refractivity contribution in [3.63, 3.8) is 0 Å². The number of hydrogen-bond acceptors (Lipinski definition) is 4. The van der Waals surface area contributed by atoms with Crippen LogP contribution in [-0.2, 0) is 7.05 Å². The number of hydrogen-bond donors (Lipinski definition) is 0. The van der Waals surface area contributed by atoms with Crippen molar-refractivity contribution in [2.75, 3.05) is 14.2 Å². The lowest BCUT2D eigenvalue weighted by atomic mass is 10.1. The molecule has 0 atom stereocenters. The van der Waals surface area contributed by atoms with Crippen molar-refractivity contribution in [3.8, 4) is 34.3 Å². The molecule has 3 rings (SSSR count). The Hall–Kier alpha value is -2.82. The van der Waals surface area contributed by atoms with E-state index in [1.807, 2.05) is 37.4 Å². The number of benzene rings is 2. The van der Waals surface area contributed by atoms with E-state index in [2.05, 4.69) is 24.2 Å². The van der Waals surface area contributed by atoms with Crippen LogP contribution < -0.4 is 9.47 Å². The topological polar surface area (TPSA) is 49.2 Å². The minimum absolute atomic E-state index is 0.642. The summed E-state index contributed by atoms with van der Waals surface area (Å²) in [6, 6.07) is 13.8. The Morgan fingerprint density at radius 2 is 1.61 bits per heavy atom. The van der Waals surface area contributed by atoms with Gasteiger partial charge in [-0.05, 0) is 24.6 Å². The van der Waals surface area contributed by atoms with Crippen LogP contribution in [0.15, 0.2) is 42.5 Å². The molecule has 2 aromatic carbocycles. The van der Waals surface area contributed by atoms with E-state index in [1.54, 1.807) is 18.9 Å². The predicted molar refractivity (Wildman–Crippen MR) is 89.7 cm³/mol. The lowest BCUT2D eigenvalue weighted by Gasteiger charge is -2.06. The average Bonchev–Trinajstić information content (AvgIpc) is 2.96. The van der Waals surface area contributed by atoms with Crippen LogP contribution >= 0.6 is 0 Å². The van der Waals surface area contributed by atoms with Crippen LogP contribution in [0.25, 0.3) is 22.8 Å². The summed E-state index contributed by atoms with van der Waals surface area (Å²) in [5.41, 5.74) is 3.10. The van der Waals surface area contributed by atoms with E-state index in [1.165, 1.54) is 0 Å². The molecule has 0 saturated carbocycles. The lowest BCUT2D eigenvalue weighted by molar-refractivity contribution is 0.394. The summed E-state index contributed by atoms with van der Waals surface area (Å²) in [6.45, 7) is 2.07. The quantitative estimate of drug-likeness (QED) is 0.740. The normalized spacial score (nSPS) is 10.6. The Balaban J connectivity index is 2.10. The van der Waals surface area contributed by atoms with Crippen LogP contribution in [0.1, 0.15) is 5.56 Å². The molecule has 0 amide bonds. The molecule has 5 heteroatoms. The molecule has 0 aliphatic rings. The molecule has 0 saturated heterocycles. The SMILES string of the molecule is COc1cc(OC)cc(-c2nc(-c3ccccc3C)n(C)n2)c1. The highest BCUT2D eigenvalue weighted by molar-refractivity contribution is 5.66. The molecule has 3 aromatic rings. The van der Waals surface area contributed by atoms with Crippen LogP contribution in [0.5, 0.6) is 11.5 Å². The Morgan fingerprint density at radius 3 is 2.22 bits per heavy atom. The first-order chi connectivity index (χ1) is 11.1. The Kier molecular flexibility index (Phi) is 4.02. The molecular weight excluding hydrogens is 290 g/mol. The highest BCUT2D eigenvalue weighted by atomic mass is 16.5. The van der Waals surface area contributed by atoms with Gasteiger partial charge in [-0.3, -0.25) is 0 Å². The Labute approximate surface area is 135 Å². The first kappa shape index (κ1) is 15.1. The zero-order chi connectivity index (χ0) is 16.4. The summed E-state index contributed by atoms with van der Waals surface area (Å²) >= 11 is 0. The predicted octanol–water partition coefficient (Wildman–Crippen LogP) is 3.47. The van der Waals surface area contributed by atoms with Gasteiger partial charge in [-0.15, -0.1) is 0 Å². The van der Waals surface area contributed by atoms with Crippen LogP contribution in [0.2, 0.25) is 0 Å². The summed E-state index contributed by atoms with van der Waals surface area (Å²) in [6.07, 6.45) is 0. The molecule has 5 nitrogen and oxygen atoms in total. The van der Waals surface area contributed by atoms with Gasteiger partial charge in [0.05, 0.1) is 14.2 Å². The van der Waals surface area contributed by atoms with E-state index in [-0.39, 0.29) is 0 Å². The van der Waals surface area contributed by atoms with Crippen LogP contribution in [0.3, 0.4) is 0 Å². The number of ether oxygens (including phenoxy) is 2. The number of aromatic nitrogens is 3. The second-order valence-electron chi connectivity index (χ2n) is 5.30. The molecule has 0 radical (unpaired) electrons. The molecule has 0 aliphatic heterocycles. The molecule has 1 aromatic heterocycles. The standard InChI is InChI=1S/C18H19N3O2/c1-12-7-5-6-8-16(12)18-19-17(20-21(18)2)13-9-14(22-3)11-15(10-13)23-4/h5-11H,1-4H3. The highest BCUT2D eigenvalue weighted by Gasteiger charge is 2.14. The summed E-state index contributed by atoms with van der Waals surface area (Å²) < 4.78 is 12.4. The van der Waals surface area contributed by atoms with Crippen LogP contribution in [0, 0.1) is 6.92 Å². The van der Waals surface area contributed by atoms with E-state index in [9.17, 15) is 0 Å². The zero-order valence-electron chi connectivity index (χ0n) is 13.7. The van der Waals surface area contributed by atoms with Crippen molar-refractivity contribution in [1.29, 1.82) is 0 Å². The fraction of sp³-hybridized carbons (Fsp3) is 0.222. The number of rotatable bonds is 4. The molecular formula is C18H19N3O2. The van der Waals surface area contributed by atoms with Crippen LogP contribution in [-0.4, -0.2) is 29.0 Å². The molecule has 23 heavy (non-hydrogen) atoms. The minimum atomic E-state index is 0.642. The van der Waals surface area contributed by atoms with Crippen molar-refractivity contribution in [2.24, 2.45) is 7.05 Å². The molecule has 1 heterocycles. The maximum atomic E-state index is 5.32. The maximum absolute atomic E-state index is 5.32.